The lowest BCUT2D eigenvalue weighted by Gasteiger charge is -2.57. The van der Waals surface area contributed by atoms with E-state index in [2.05, 4.69) is 29.7 Å². The maximum atomic E-state index is 12.6. The fourth-order valence-corrected chi connectivity index (χ4v) is 8.36. The molecular formula is C34H37NO6. The summed E-state index contributed by atoms with van der Waals surface area (Å²) in [5, 5.41) is 11.3. The molecule has 0 radical (unpaired) electrons. The Morgan fingerprint density at radius 1 is 0.878 bits per heavy atom. The Balaban J connectivity index is 1.17. The van der Waals surface area contributed by atoms with Crippen LogP contribution in [0.5, 0.6) is 5.75 Å². The van der Waals surface area contributed by atoms with Crippen molar-refractivity contribution in [3.8, 4) is 16.9 Å². The number of benzene rings is 3. The summed E-state index contributed by atoms with van der Waals surface area (Å²) in [5.41, 5.74) is 6.29. The molecule has 5 aliphatic rings. The monoisotopic (exact) mass is 555 g/mol. The summed E-state index contributed by atoms with van der Waals surface area (Å²) in [7, 11) is 0. The molecule has 2 N–H and O–H groups in total. The first-order valence-electron chi connectivity index (χ1n) is 15.0. The summed E-state index contributed by atoms with van der Waals surface area (Å²) >= 11 is 0. The van der Waals surface area contributed by atoms with E-state index < -0.39 is 12.3 Å². The molecule has 4 bridgehead atoms. The third-order valence-corrected chi connectivity index (χ3v) is 9.81. The van der Waals surface area contributed by atoms with Gasteiger partial charge in [0.15, 0.2) is 12.9 Å². The van der Waals surface area contributed by atoms with Crippen LogP contribution in [0.15, 0.2) is 54.6 Å². The average Bonchev–Trinajstić information content (AvgIpc) is 2.98. The summed E-state index contributed by atoms with van der Waals surface area (Å²) in [4.78, 5) is 29.5. The van der Waals surface area contributed by atoms with Gasteiger partial charge in [0.2, 0.25) is 0 Å². The van der Waals surface area contributed by atoms with Gasteiger partial charge in [-0.1, -0.05) is 24.3 Å². The first-order chi connectivity index (χ1) is 19.9. The lowest BCUT2D eigenvalue weighted by atomic mass is 9.48. The maximum Gasteiger partial charge on any atom is 0.335 e. The molecule has 7 heteroatoms. The highest BCUT2D eigenvalue weighted by Crippen LogP contribution is 2.62. The molecule has 1 amide bonds. The molecule has 1 unspecified atom stereocenters. The molecule has 4 saturated carbocycles. The molecule has 7 nitrogen and oxygen atoms in total. The fourth-order valence-electron chi connectivity index (χ4n) is 8.36. The minimum atomic E-state index is -0.922. The number of aromatic carboxylic acids is 1. The van der Waals surface area contributed by atoms with Gasteiger partial charge in [0, 0.05) is 18.6 Å². The third kappa shape index (κ3) is 5.33. The largest absolute Gasteiger partial charge is 0.483 e. The number of carboxylic acid groups (broad SMARTS) is 1. The lowest BCUT2D eigenvalue weighted by Crippen LogP contribution is -2.48. The highest BCUT2D eigenvalue weighted by molar-refractivity contribution is 5.95. The molecule has 4 aliphatic carbocycles. The summed E-state index contributed by atoms with van der Waals surface area (Å²) in [6.07, 6.45) is 10.0. The van der Waals surface area contributed by atoms with Gasteiger partial charge >= 0.3 is 5.97 Å². The van der Waals surface area contributed by atoms with E-state index in [1.165, 1.54) is 44.1 Å². The van der Waals surface area contributed by atoms with E-state index in [1.54, 1.807) is 12.1 Å². The van der Waals surface area contributed by atoms with E-state index in [1.807, 2.05) is 18.2 Å². The van der Waals surface area contributed by atoms with Crippen molar-refractivity contribution in [2.75, 3.05) is 13.2 Å². The summed E-state index contributed by atoms with van der Waals surface area (Å²) in [6, 6.07) is 17.8. The predicted octanol–water partition coefficient (Wildman–Crippen LogP) is 6.63. The van der Waals surface area contributed by atoms with E-state index >= 15 is 0 Å². The highest BCUT2D eigenvalue weighted by Gasteiger charge is 2.52. The van der Waals surface area contributed by atoms with Crippen LogP contribution in [0.25, 0.3) is 21.9 Å². The van der Waals surface area contributed by atoms with Gasteiger partial charge in [-0.25, -0.2) is 15.1 Å². The Hall–Kier alpha value is -3.42. The molecule has 8 rings (SSSR count). The van der Waals surface area contributed by atoms with Gasteiger partial charge in [-0.3, -0.25) is 4.79 Å². The van der Waals surface area contributed by atoms with Gasteiger partial charge in [-0.05, 0) is 127 Å². The summed E-state index contributed by atoms with van der Waals surface area (Å²) in [6.45, 7) is 0.533. The molecule has 1 saturated heterocycles. The van der Waals surface area contributed by atoms with Crippen LogP contribution < -0.4 is 10.2 Å². The SMILES string of the molecule is O=C(COc1ccc(-c2ccc3cc(C(=O)O)ccc3c2)cc1C12CC3CC(CC(C3)C1)C2)NOC1CCCCO1. The Kier molecular flexibility index (Phi) is 6.95. The number of carboxylic acids is 1. The molecule has 1 atom stereocenters. The molecule has 5 fully saturated rings. The smallest absolute Gasteiger partial charge is 0.335 e. The number of hydrogen-bond donors (Lipinski definition) is 2. The number of carbonyl (C=O) groups is 2. The number of nitrogens with one attached hydrogen (secondary N) is 1. The van der Waals surface area contributed by atoms with Crippen molar-refractivity contribution in [2.45, 2.75) is 69.5 Å². The van der Waals surface area contributed by atoms with Crippen molar-refractivity contribution in [3.05, 3.63) is 65.7 Å². The number of carbonyl (C=O) groups excluding carboxylic acids is 1. The maximum absolute atomic E-state index is 12.6. The average molecular weight is 556 g/mol. The predicted molar refractivity (Wildman–Crippen MR) is 155 cm³/mol. The quantitative estimate of drug-likeness (QED) is 0.303. The second kappa shape index (κ2) is 10.8. The molecule has 1 aliphatic heterocycles. The highest BCUT2D eigenvalue weighted by atomic mass is 16.8. The van der Waals surface area contributed by atoms with Crippen LogP contribution in [0.1, 0.15) is 73.7 Å². The second-order valence-corrected chi connectivity index (χ2v) is 12.7. The Labute approximate surface area is 240 Å². The zero-order valence-corrected chi connectivity index (χ0v) is 23.3. The van der Waals surface area contributed by atoms with Gasteiger partial charge in [-0.15, -0.1) is 0 Å². The third-order valence-electron chi connectivity index (χ3n) is 9.81. The Morgan fingerprint density at radius 2 is 1.56 bits per heavy atom. The Bertz CT molecular complexity index is 1440. The second-order valence-electron chi connectivity index (χ2n) is 12.7. The molecule has 0 aromatic heterocycles. The van der Waals surface area contributed by atoms with E-state index in [0.29, 0.717) is 6.61 Å². The van der Waals surface area contributed by atoms with Crippen LogP contribution in [0, 0.1) is 17.8 Å². The fraction of sp³-hybridized carbons (Fsp3) is 0.471. The van der Waals surface area contributed by atoms with Crippen molar-refractivity contribution in [2.24, 2.45) is 17.8 Å². The van der Waals surface area contributed by atoms with E-state index in [4.69, 9.17) is 14.3 Å². The van der Waals surface area contributed by atoms with Crippen molar-refractivity contribution < 1.29 is 29.0 Å². The number of ether oxygens (including phenoxy) is 2. The van der Waals surface area contributed by atoms with Crippen molar-refractivity contribution >= 4 is 22.6 Å². The zero-order chi connectivity index (χ0) is 28.0. The minimum absolute atomic E-state index is 0.0796. The standard InChI is InChI=1S/C34H37NO6/c36-31(35-41-32-3-1-2-10-39-32)20-40-30-9-8-27(25-4-5-26-15-28(33(37)38)7-6-24(26)14-25)16-29(30)34-17-21-11-22(18-34)13-23(12-21)19-34/h4-9,14-16,21-23,32H,1-3,10-13,17-20H2,(H,35,36)(H,37,38). The van der Waals surface area contributed by atoms with Crippen molar-refractivity contribution in [1.82, 2.24) is 5.48 Å². The molecule has 1 heterocycles. The van der Waals surface area contributed by atoms with E-state index in [0.717, 1.165) is 64.7 Å². The van der Waals surface area contributed by atoms with E-state index in [-0.39, 0.29) is 23.5 Å². The molecular weight excluding hydrogens is 518 g/mol. The zero-order valence-electron chi connectivity index (χ0n) is 23.3. The number of fused-ring (bicyclic) bond motifs is 1. The normalized spacial score (nSPS) is 28.5. The van der Waals surface area contributed by atoms with E-state index in [9.17, 15) is 14.7 Å². The molecule has 3 aromatic carbocycles. The van der Waals surface area contributed by atoms with Gasteiger partial charge in [0.1, 0.15) is 5.75 Å². The number of hydroxylamine groups is 1. The molecule has 3 aromatic rings. The first kappa shape index (κ1) is 26.5. The topological polar surface area (TPSA) is 94.1 Å². The number of rotatable bonds is 8. The van der Waals surface area contributed by atoms with Crippen LogP contribution >= 0.6 is 0 Å². The van der Waals surface area contributed by atoms with Crippen molar-refractivity contribution in [3.63, 3.8) is 0 Å². The van der Waals surface area contributed by atoms with Crippen molar-refractivity contribution in [1.29, 1.82) is 0 Å². The van der Waals surface area contributed by atoms with Crippen LogP contribution in [0.4, 0.5) is 0 Å². The van der Waals surface area contributed by atoms with Gasteiger partial charge in [0.05, 0.1) is 5.56 Å². The van der Waals surface area contributed by atoms with Crippen LogP contribution in [0.2, 0.25) is 0 Å². The molecule has 0 spiro atoms. The Morgan fingerprint density at radius 3 is 2.27 bits per heavy atom. The first-order valence-corrected chi connectivity index (χ1v) is 15.0. The number of amides is 1. The minimum Gasteiger partial charge on any atom is -0.483 e. The van der Waals surface area contributed by atoms with Gasteiger partial charge < -0.3 is 14.6 Å². The molecule has 214 valence electrons. The summed E-state index contributed by atoms with van der Waals surface area (Å²) in [5.74, 6) is 1.85. The van der Waals surface area contributed by atoms with Gasteiger partial charge in [-0.2, -0.15) is 0 Å². The van der Waals surface area contributed by atoms with Gasteiger partial charge in [0.25, 0.3) is 5.91 Å². The van der Waals surface area contributed by atoms with Crippen LogP contribution in [-0.4, -0.2) is 36.5 Å². The summed E-state index contributed by atoms with van der Waals surface area (Å²) < 4.78 is 11.8. The molecule has 41 heavy (non-hydrogen) atoms. The lowest BCUT2D eigenvalue weighted by molar-refractivity contribution is -0.201. The number of hydrogen-bond acceptors (Lipinski definition) is 5. The van der Waals surface area contributed by atoms with Crippen LogP contribution in [0.3, 0.4) is 0 Å². The van der Waals surface area contributed by atoms with Crippen LogP contribution in [-0.2, 0) is 19.8 Å².